The molecule has 0 aliphatic carbocycles. The first-order valence-electron chi connectivity index (χ1n) is 3.66. The minimum atomic E-state index is -0.823. The smallest absolute Gasteiger partial charge is 0.362 e. The van der Waals surface area contributed by atoms with E-state index >= 15 is 0 Å². The lowest BCUT2D eigenvalue weighted by molar-refractivity contribution is 0.0592. The topological polar surface area (TPSA) is 84.1 Å². The molecule has 1 aromatic heterocycles. The summed E-state index contributed by atoms with van der Waals surface area (Å²) in [5, 5.41) is 2.63. The lowest BCUT2D eigenvalue weighted by Crippen LogP contribution is -2.22. The largest absolute Gasteiger partial charge is 0.464 e. The van der Waals surface area contributed by atoms with Crippen molar-refractivity contribution in [1.82, 2.24) is 9.97 Å². The molecule has 6 nitrogen and oxygen atoms in total. The van der Waals surface area contributed by atoms with Crippen molar-refractivity contribution < 1.29 is 9.53 Å². The zero-order valence-electron chi connectivity index (χ0n) is 7.55. The first-order valence-corrected chi connectivity index (χ1v) is 4.03. The molecule has 2 N–H and O–H groups in total. The molecule has 0 amide bonds. The van der Waals surface area contributed by atoms with E-state index in [4.69, 9.17) is 11.6 Å². The summed E-state index contributed by atoms with van der Waals surface area (Å²) in [6.07, 6.45) is 0. The molecule has 0 bridgehead atoms. The molecule has 0 aliphatic heterocycles. The van der Waals surface area contributed by atoms with Crippen molar-refractivity contribution in [1.29, 1.82) is 0 Å². The molecule has 7 heteroatoms. The minimum absolute atomic E-state index is 0.00694. The van der Waals surface area contributed by atoms with Crippen LogP contribution in [0.1, 0.15) is 10.5 Å². The second-order valence-electron chi connectivity index (χ2n) is 2.32. The van der Waals surface area contributed by atoms with Crippen LogP contribution in [0.4, 0.5) is 5.82 Å². The fourth-order valence-electron chi connectivity index (χ4n) is 0.830. The van der Waals surface area contributed by atoms with Gasteiger partial charge in [0.15, 0.2) is 5.15 Å². The number of hydrogen-bond donors (Lipinski definition) is 2. The molecule has 0 spiro atoms. The Balaban J connectivity index is 3.29. The Bertz CT molecular complexity index is 415. The molecule has 1 heterocycles. The summed E-state index contributed by atoms with van der Waals surface area (Å²) >= 11 is 5.65. The first-order chi connectivity index (χ1) is 6.60. The number of carbonyl (C=O) groups is 1. The lowest BCUT2D eigenvalue weighted by Gasteiger charge is -2.03. The Morgan fingerprint density at radius 3 is 2.79 bits per heavy atom. The van der Waals surface area contributed by atoms with Gasteiger partial charge in [0.05, 0.1) is 7.11 Å². The van der Waals surface area contributed by atoms with Crippen LogP contribution in [0.3, 0.4) is 0 Å². The number of esters is 1. The number of H-pyrrole nitrogens is 1. The van der Waals surface area contributed by atoms with E-state index in [1.54, 1.807) is 7.05 Å². The Morgan fingerprint density at radius 1 is 1.64 bits per heavy atom. The third-order valence-electron chi connectivity index (χ3n) is 1.50. The number of ether oxygens (including phenoxy) is 1. The normalized spacial score (nSPS) is 9.64. The average Bonchev–Trinajstić information content (AvgIpc) is 2.19. The number of rotatable bonds is 2. The summed E-state index contributed by atoms with van der Waals surface area (Å²) in [7, 11) is 2.72. The number of hydrogen-bond acceptors (Lipinski definition) is 5. The standard InChI is InChI=1S/C7H8ClN3O3/c1-9-5-4(8)10-3(6(12)11-5)7(13)14-2/h1-2H3,(H2,9,11,12). The number of carbonyl (C=O) groups excluding carboxylic acids is 1. The summed E-state index contributed by atoms with van der Waals surface area (Å²) in [5.74, 6) is -0.569. The lowest BCUT2D eigenvalue weighted by atomic mass is 10.4. The van der Waals surface area contributed by atoms with Crippen molar-refractivity contribution in [2.24, 2.45) is 0 Å². The van der Waals surface area contributed by atoms with Gasteiger partial charge in [-0.15, -0.1) is 0 Å². The van der Waals surface area contributed by atoms with Crippen LogP contribution in [0.15, 0.2) is 4.79 Å². The fourth-order valence-corrected chi connectivity index (χ4v) is 1.06. The van der Waals surface area contributed by atoms with Crippen LogP contribution in [-0.4, -0.2) is 30.1 Å². The van der Waals surface area contributed by atoms with Crippen molar-refractivity contribution in [2.45, 2.75) is 0 Å². The van der Waals surface area contributed by atoms with Crippen molar-refractivity contribution >= 4 is 23.4 Å². The van der Waals surface area contributed by atoms with Crippen LogP contribution >= 0.6 is 11.6 Å². The summed E-state index contributed by atoms with van der Waals surface area (Å²) in [4.78, 5) is 28.2. The molecule has 0 radical (unpaired) electrons. The van der Waals surface area contributed by atoms with Crippen LogP contribution < -0.4 is 10.9 Å². The van der Waals surface area contributed by atoms with Gasteiger partial charge in [-0.1, -0.05) is 11.6 Å². The van der Waals surface area contributed by atoms with Crippen molar-refractivity contribution in [3.63, 3.8) is 0 Å². The number of nitrogens with zero attached hydrogens (tertiary/aromatic N) is 1. The van der Waals surface area contributed by atoms with Crippen LogP contribution in [0.2, 0.25) is 5.15 Å². The van der Waals surface area contributed by atoms with Gasteiger partial charge in [-0.05, 0) is 0 Å². The zero-order valence-corrected chi connectivity index (χ0v) is 8.31. The second-order valence-corrected chi connectivity index (χ2v) is 2.68. The van der Waals surface area contributed by atoms with E-state index in [1.807, 2.05) is 0 Å². The van der Waals surface area contributed by atoms with Gasteiger partial charge in [0, 0.05) is 7.05 Å². The molecular weight excluding hydrogens is 210 g/mol. The van der Waals surface area contributed by atoms with E-state index in [1.165, 1.54) is 0 Å². The minimum Gasteiger partial charge on any atom is -0.464 e. The van der Waals surface area contributed by atoms with Gasteiger partial charge >= 0.3 is 5.97 Å². The maximum atomic E-state index is 11.2. The number of halogens is 1. The summed E-state index contributed by atoms with van der Waals surface area (Å²) < 4.78 is 4.35. The Labute approximate surface area is 84.3 Å². The highest BCUT2D eigenvalue weighted by molar-refractivity contribution is 6.31. The number of methoxy groups -OCH3 is 1. The SMILES string of the molecule is CNc1[nH]c(=O)c(C(=O)OC)nc1Cl. The highest BCUT2D eigenvalue weighted by atomic mass is 35.5. The summed E-state index contributed by atoms with van der Waals surface area (Å²) in [6.45, 7) is 0. The van der Waals surface area contributed by atoms with E-state index in [9.17, 15) is 9.59 Å². The third kappa shape index (κ3) is 1.85. The quantitative estimate of drug-likeness (QED) is 0.694. The Hall–Kier alpha value is -1.56. The number of aromatic amines is 1. The Morgan fingerprint density at radius 2 is 2.29 bits per heavy atom. The maximum absolute atomic E-state index is 11.2. The molecule has 0 fully saturated rings. The fraction of sp³-hybridized carbons (Fsp3) is 0.286. The van der Waals surface area contributed by atoms with E-state index in [2.05, 4.69) is 20.0 Å². The van der Waals surface area contributed by atoms with Gasteiger partial charge in [-0.25, -0.2) is 9.78 Å². The van der Waals surface area contributed by atoms with Crippen LogP contribution in [0.25, 0.3) is 0 Å². The molecule has 0 atom stereocenters. The van der Waals surface area contributed by atoms with Crippen LogP contribution in [0.5, 0.6) is 0 Å². The van der Waals surface area contributed by atoms with Gasteiger partial charge in [-0.3, -0.25) is 4.79 Å². The molecule has 1 aromatic rings. The van der Waals surface area contributed by atoms with Crippen LogP contribution in [0, 0.1) is 0 Å². The third-order valence-corrected chi connectivity index (χ3v) is 1.77. The molecule has 0 aromatic carbocycles. The highest BCUT2D eigenvalue weighted by Crippen LogP contribution is 2.13. The first kappa shape index (κ1) is 10.5. The van der Waals surface area contributed by atoms with Crippen LogP contribution in [-0.2, 0) is 4.74 Å². The van der Waals surface area contributed by atoms with Gasteiger partial charge in [0.25, 0.3) is 5.56 Å². The van der Waals surface area contributed by atoms with Gasteiger partial charge in [0.2, 0.25) is 5.69 Å². The van der Waals surface area contributed by atoms with Gasteiger partial charge in [0.1, 0.15) is 5.82 Å². The Kier molecular flexibility index (Phi) is 3.08. The zero-order chi connectivity index (χ0) is 10.7. The number of nitrogens with one attached hydrogen (secondary N) is 2. The summed E-state index contributed by atoms with van der Waals surface area (Å²) in [5.41, 5.74) is -1.01. The molecular formula is C7H8ClN3O3. The highest BCUT2D eigenvalue weighted by Gasteiger charge is 2.15. The molecule has 76 valence electrons. The van der Waals surface area contributed by atoms with Crippen molar-refractivity contribution in [2.75, 3.05) is 19.5 Å². The van der Waals surface area contributed by atoms with E-state index in [-0.39, 0.29) is 16.7 Å². The predicted molar refractivity (Wildman–Crippen MR) is 50.8 cm³/mol. The van der Waals surface area contributed by atoms with E-state index in [0.29, 0.717) is 0 Å². The predicted octanol–water partition coefficient (Wildman–Crippen LogP) is 0.252. The van der Waals surface area contributed by atoms with E-state index in [0.717, 1.165) is 7.11 Å². The maximum Gasteiger partial charge on any atom is 0.362 e. The van der Waals surface area contributed by atoms with Crippen molar-refractivity contribution in [3.05, 3.63) is 21.2 Å². The molecule has 0 saturated heterocycles. The number of aromatic nitrogens is 2. The monoisotopic (exact) mass is 217 g/mol. The number of anilines is 1. The summed E-state index contributed by atoms with van der Waals surface area (Å²) in [6, 6.07) is 0. The average molecular weight is 218 g/mol. The van der Waals surface area contributed by atoms with Crippen molar-refractivity contribution in [3.8, 4) is 0 Å². The van der Waals surface area contributed by atoms with Gasteiger partial charge < -0.3 is 15.0 Å². The molecule has 1 rings (SSSR count). The second kappa shape index (κ2) is 4.10. The molecule has 0 unspecified atom stereocenters. The van der Waals surface area contributed by atoms with Gasteiger partial charge in [-0.2, -0.15) is 0 Å². The molecule has 0 saturated carbocycles. The molecule has 14 heavy (non-hydrogen) atoms. The van der Waals surface area contributed by atoms with E-state index < -0.39 is 11.5 Å². The molecule has 0 aliphatic rings.